The van der Waals surface area contributed by atoms with Gasteiger partial charge in [0.25, 0.3) is 0 Å². The lowest BCUT2D eigenvalue weighted by Gasteiger charge is -2.16. The largest absolute Gasteiger partial charge is 0.385 e. The summed E-state index contributed by atoms with van der Waals surface area (Å²) >= 11 is 0. The average Bonchev–Trinajstić information content (AvgIpc) is 3.24. The Bertz CT molecular complexity index is 1090. The quantitative estimate of drug-likeness (QED) is 0.597. The van der Waals surface area contributed by atoms with Crippen molar-refractivity contribution in [1.29, 1.82) is 0 Å². The van der Waals surface area contributed by atoms with Crippen molar-refractivity contribution in [1.82, 2.24) is 19.6 Å². The average molecular weight is 418 g/mol. The van der Waals surface area contributed by atoms with Gasteiger partial charge in [-0.1, -0.05) is 17.0 Å². The molecule has 31 heavy (non-hydrogen) atoms. The van der Waals surface area contributed by atoms with Gasteiger partial charge in [0.15, 0.2) is 5.76 Å². The second-order valence-corrected chi connectivity index (χ2v) is 8.52. The van der Waals surface area contributed by atoms with E-state index >= 15 is 0 Å². The lowest BCUT2D eigenvalue weighted by Crippen LogP contribution is -2.29. The number of nitrogens with zero attached hydrogens (tertiary/aromatic N) is 4. The van der Waals surface area contributed by atoms with Crippen LogP contribution in [0.2, 0.25) is 0 Å². The third-order valence-electron chi connectivity index (χ3n) is 6.28. The third kappa shape index (κ3) is 4.15. The number of aliphatic hydroxyl groups is 1. The molecule has 3 aromatic rings. The number of aromatic nitrogens is 3. The molecule has 3 N–H and O–H groups in total. The Labute approximate surface area is 181 Å². The molecule has 0 bridgehead atoms. The van der Waals surface area contributed by atoms with E-state index in [0.717, 1.165) is 54.8 Å². The second-order valence-electron chi connectivity index (χ2n) is 8.52. The minimum atomic E-state index is -0.630. The fourth-order valence-electron chi connectivity index (χ4n) is 4.60. The van der Waals surface area contributed by atoms with Crippen molar-refractivity contribution in [2.24, 2.45) is 23.5 Å². The van der Waals surface area contributed by atoms with Gasteiger partial charge in [-0.25, -0.2) is 4.98 Å². The van der Waals surface area contributed by atoms with Crippen molar-refractivity contribution in [2.45, 2.75) is 19.6 Å². The maximum absolute atomic E-state index is 9.80. The Kier molecular flexibility index (Phi) is 5.36. The molecule has 2 fully saturated rings. The van der Waals surface area contributed by atoms with E-state index in [-0.39, 0.29) is 0 Å². The van der Waals surface area contributed by atoms with Crippen molar-refractivity contribution < 1.29 is 9.63 Å². The Balaban J connectivity index is 1.20. The van der Waals surface area contributed by atoms with Crippen LogP contribution in [0.15, 0.2) is 47.2 Å². The summed E-state index contributed by atoms with van der Waals surface area (Å²) in [6, 6.07) is 10.0. The number of nitrogens with two attached hydrogens (primary N) is 1. The van der Waals surface area contributed by atoms with Gasteiger partial charge in [-0.05, 0) is 43.0 Å². The molecule has 4 atom stereocenters. The van der Waals surface area contributed by atoms with Crippen LogP contribution in [0.3, 0.4) is 0 Å². The number of piperidine rings is 1. The molecule has 1 aliphatic heterocycles. The van der Waals surface area contributed by atoms with Crippen LogP contribution in [0.4, 0.5) is 0 Å². The Morgan fingerprint density at radius 1 is 1.26 bits per heavy atom. The molecule has 0 amide bonds. The number of likely N-dealkylation sites (tertiary alicyclic amines) is 1. The number of hydrogen-bond acceptors (Lipinski definition) is 6. The fraction of sp³-hybridized carbons (Fsp3) is 0.417. The van der Waals surface area contributed by atoms with Crippen LogP contribution in [0.5, 0.6) is 0 Å². The highest BCUT2D eigenvalue weighted by Crippen LogP contribution is 2.51. The van der Waals surface area contributed by atoms with E-state index in [4.69, 9.17) is 10.3 Å². The molecule has 1 aliphatic carbocycles. The van der Waals surface area contributed by atoms with Crippen LogP contribution in [0, 0.1) is 29.6 Å². The van der Waals surface area contributed by atoms with E-state index < -0.39 is 6.10 Å². The number of fused-ring (bicyclic) bond motifs is 1. The topological polar surface area (TPSA) is 93.3 Å². The molecule has 1 saturated heterocycles. The second kappa shape index (κ2) is 8.31. The van der Waals surface area contributed by atoms with Gasteiger partial charge in [0.1, 0.15) is 17.6 Å². The lowest BCUT2D eigenvalue weighted by atomic mass is 10.1. The van der Waals surface area contributed by atoms with Crippen LogP contribution in [-0.4, -0.2) is 50.9 Å². The number of imidazole rings is 1. The lowest BCUT2D eigenvalue weighted by molar-refractivity contribution is 0.184. The molecule has 7 heteroatoms. The molecule has 2 aliphatic rings. The van der Waals surface area contributed by atoms with Crippen molar-refractivity contribution >= 4 is 0 Å². The van der Waals surface area contributed by atoms with Gasteiger partial charge in [-0.2, -0.15) is 0 Å². The number of hydrogen-bond donors (Lipinski definition) is 2. The summed E-state index contributed by atoms with van der Waals surface area (Å²) in [4.78, 5) is 6.64. The third-order valence-corrected chi connectivity index (χ3v) is 6.28. The van der Waals surface area contributed by atoms with Gasteiger partial charge in [0.05, 0.1) is 6.54 Å². The zero-order valence-corrected chi connectivity index (χ0v) is 17.6. The molecule has 0 spiro atoms. The molecule has 7 nitrogen and oxygen atoms in total. The maximum Gasteiger partial charge on any atom is 0.167 e. The Hall–Kier alpha value is -2.92. The summed E-state index contributed by atoms with van der Waals surface area (Å²) in [5.74, 6) is 10.1. The first-order valence-corrected chi connectivity index (χ1v) is 10.8. The van der Waals surface area contributed by atoms with E-state index in [2.05, 4.69) is 26.9 Å². The van der Waals surface area contributed by atoms with Gasteiger partial charge in [0.2, 0.25) is 0 Å². The monoisotopic (exact) mass is 417 g/mol. The molecular weight excluding hydrogens is 390 g/mol. The minimum Gasteiger partial charge on any atom is -0.385 e. The predicted octanol–water partition coefficient (Wildman–Crippen LogP) is 2.13. The smallest absolute Gasteiger partial charge is 0.167 e. The maximum atomic E-state index is 9.80. The number of aliphatic hydroxyl groups excluding tert-OH is 1. The number of rotatable bonds is 6. The Morgan fingerprint density at radius 3 is 2.74 bits per heavy atom. The van der Waals surface area contributed by atoms with Crippen LogP contribution in [-0.2, 0) is 6.54 Å². The molecule has 1 saturated carbocycles. The molecule has 2 aromatic heterocycles. The highest BCUT2D eigenvalue weighted by atomic mass is 16.5. The number of benzene rings is 1. The molecule has 5 rings (SSSR count). The van der Waals surface area contributed by atoms with Gasteiger partial charge >= 0.3 is 0 Å². The van der Waals surface area contributed by atoms with Crippen molar-refractivity contribution in [2.75, 3.05) is 26.2 Å². The van der Waals surface area contributed by atoms with Crippen molar-refractivity contribution in [3.63, 3.8) is 0 Å². The van der Waals surface area contributed by atoms with E-state index in [9.17, 15) is 5.11 Å². The highest BCUT2D eigenvalue weighted by molar-refractivity contribution is 5.59. The van der Waals surface area contributed by atoms with E-state index in [0.29, 0.717) is 24.0 Å². The predicted molar refractivity (Wildman–Crippen MR) is 117 cm³/mol. The van der Waals surface area contributed by atoms with Gasteiger partial charge in [0, 0.05) is 61.7 Å². The first-order chi connectivity index (χ1) is 15.1. The molecule has 0 radical (unpaired) electrons. The molecule has 160 valence electrons. The summed E-state index contributed by atoms with van der Waals surface area (Å²) < 4.78 is 7.40. The zero-order valence-electron chi connectivity index (χ0n) is 17.6. The van der Waals surface area contributed by atoms with E-state index in [1.165, 1.54) is 0 Å². The summed E-state index contributed by atoms with van der Waals surface area (Å²) in [6.07, 6.45) is 2.87. The van der Waals surface area contributed by atoms with Gasteiger partial charge in [-0.3, -0.25) is 0 Å². The van der Waals surface area contributed by atoms with Crippen molar-refractivity contribution in [3.05, 3.63) is 59.8 Å². The summed E-state index contributed by atoms with van der Waals surface area (Å²) in [5, 5.41) is 14.0. The summed E-state index contributed by atoms with van der Waals surface area (Å²) in [6.45, 7) is 6.23. The van der Waals surface area contributed by atoms with Crippen LogP contribution < -0.4 is 5.73 Å². The van der Waals surface area contributed by atoms with E-state index in [1.807, 2.05) is 41.1 Å². The molecular formula is C24H27N5O2. The van der Waals surface area contributed by atoms with Crippen molar-refractivity contribution in [3.8, 4) is 23.2 Å². The summed E-state index contributed by atoms with van der Waals surface area (Å²) in [5.41, 5.74) is 8.41. The van der Waals surface area contributed by atoms with Gasteiger partial charge in [-0.15, -0.1) is 0 Å². The zero-order chi connectivity index (χ0) is 21.4. The van der Waals surface area contributed by atoms with E-state index in [1.54, 1.807) is 13.1 Å². The van der Waals surface area contributed by atoms with Crippen LogP contribution in [0.1, 0.15) is 30.1 Å². The molecule has 3 heterocycles. The van der Waals surface area contributed by atoms with Crippen LogP contribution in [0.25, 0.3) is 11.3 Å². The van der Waals surface area contributed by atoms with Crippen LogP contribution >= 0.6 is 0 Å². The molecule has 0 unspecified atom stereocenters. The standard InChI is InChI=1S/C24H27N5O2/c1-16(30)24-26-9-11-29(24)13-19-12-23(31-27-19)18-5-2-17(3-6-18)4-7-20-21-14-28(10-8-25)15-22(20)21/h2-3,5-6,9,11-12,16,20-22,30H,8,10,13-15,25H2,1H3/t16-,20-,21-,22+/m0/s1. The molecule has 1 aromatic carbocycles. The first-order valence-electron chi connectivity index (χ1n) is 10.8. The Morgan fingerprint density at radius 2 is 2.03 bits per heavy atom. The minimum absolute atomic E-state index is 0.500. The first kappa shape index (κ1) is 20.0. The normalized spacial score (nSPS) is 23.3. The SMILES string of the molecule is C[C@H](O)c1nccn1Cc1cc(-c2ccc(C#C[C@@H]3[C@H]4CN(CCN)C[C@@H]34)cc2)on1. The fourth-order valence-corrected chi connectivity index (χ4v) is 4.60. The summed E-state index contributed by atoms with van der Waals surface area (Å²) in [7, 11) is 0. The highest BCUT2D eigenvalue weighted by Gasteiger charge is 2.54. The van der Waals surface area contributed by atoms with Gasteiger partial charge < -0.3 is 24.8 Å².